The van der Waals surface area contributed by atoms with Gasteiger partial charge < -0.3 is 10.2 Å². The van der Waals surface area contributed by atoms with E-state index in [4.69, 9.17) is 16.4 Å². The summed E-state index contributed by atoms with van der Waals surface area (Å²) in [5, 5.41) is 17.5. The molecule has 0 radical (unpaired) electrons. The standard InChI is InChI=1S/C16H14ClN3O4/c1-11-5-6-13(17)8-15(11)19-16(21)10-24-18-9-12-3-2-4-14(7-12)20(22)23/h2-9H,10H2,1H3,(H,19,21). The normalized spacial score (nSPS) is 10.6. The molecule has 0 spiro atoms. The number of benzene rings is 2. The number of aryl methyl sites for hydroxylation is 1. The van der Waals surface area contributed by atoms with Crippen molar-refractivity contribution >= 4 is 35.1 Å². The number of amides is 1. The van der Waals surface area contributed by atoms with Crippen LogP contribution >= 0.6 is 11.6 Å². The van der Waals surface area contributed by atoms with E-state index in [0.717, 1.165) is 5.56 Å². The van der Waals surface area contributed by atoms with Crippen LogP contribution < -0.4 is 5.32 Å². The zero-order valence-corrected chi connectivity index (χ0v) is 13.5. The highest BCUT2D eigenvalue weighted by Gasteiger charge is 2.06. The summed E-state index contributed by atoms with van der Waals surface area (Å²) in [6.07, 6.45) is 1.30. The molecule has 0 fully saturated rings. The van der Waals surface area contributed by atoms with E-state index in [1.807, 2.05) is 6.92 Å². The lowest BCUT2D eigenvalue weighted by Gasteiger charge is -2.07. The minimum Gasteiger partial charge on any atom is -0.386 e. The molecule has 24 heavy (non-hydrogen) atoms. The van der Waals surface area contributed by atoms with Gasteiger partial charge in [-0.2, -0.15) is 0 Å². The molecule has 0 aliphatic carbocycles. The third-order valence-corrected chi connectivity index (χ3v) is 3.26. The molecular weight excluding hydrogens is 334 g/mol. The first kappa shape index (κ1) is 17.4. The van der Waals surface area contributed by atoms with Gasteiger partial charge in [0.15, 0.2) is 6.61 Å². The lowest BCUT2D eigenvalue weighted by Crippen LogP contribution is -2.17. The fraction of sp³-hybridized carbons (Fsp3) is 0.125. The highest BCUT2D eigenvalue weighted by atomic mass is 35.5. The molecule has 0 saturated carbocycles. The molecule has 8 heteroatoms. The van der Waals surface area contributed by atoms with E-state index < -0.39 is 10.8 Å². The summed E-state index contributed by atoms with van der Waals surface area (Å²) >= 11 is 5.88. The predicted octanol–water partition coefficient (Wildman–Crippen LogP) is 3.55. The molecule has 2 rings (SSSR count). The Labute approximate surface area is 143 Å². The molecule has 0 aliphatic heterocycles. The maximum Gasteiger partial charge on any atom is 0.270 e. The maximum atomic E-state index is 11.8. The Kier molecular flexibility index (Phi) is 5.86. The van der Waals surface area contributed by atoms with Crippen LogP contribution in [0.5, 0.6) is 0 Å². The summed E-state index contributed by atoms with van der Waals surface area (Å²) in [6, 6.07) is 11.1. The number of non-ortho nitro benzene ring substituents is 1. The molecular formula is C16H14ClN3O4. The van der Waals surface area contributed by atoms with E-state index >= 15 is 0 Å². The van der Waals surface area contributed by atoms with Crippen LogP contribution in [-0.2, 0) is 9.63 Å². The smallest absolute Gasteiger partial charge is 0.270 e. The van der Waals surface area contributed by atoms with Gasteiger partial charge in [-0.05, 0) is 24.6 Å². The van der Waals surface area contributed by atoms with Gasteiger partial charge in [0.25, 0.3) is 11.6 Å². The Balaban J connectivity index is 1.87. The quantitative estimate of drug-likeness (QED) is 0.491. The van der Waals surface area contributed by atoms with Crippen LogP contribution in [0.3, 0.4) is 0 Å². The number of rotatable bonds is 6. The van der Waals surface area contributed by atoms with Crippen molar-refractivity contribution in [1.29, 1.82) is 0 Å². The number of carbonyl (C=O) groups excluding carboxylic acids is 1. The maximum absolute atomic E-state index is 11.8. The van der Waals surface area contributed by atoms with E-state index in [-0.39, 0.29) is 12.3 Å². The molecule has 0 heterocycles. The molecule has 2 aromatic carbocycles. The van der Waals surface area contributed by atoms with E-state index in [1.54, 1.807) is 24.3 Å². The highest BCUT2D eigenvalue weighted by Crippen LogP contribution is 2.20. The predicted molar refractivity (Wildman–Crippen MR) is 91.5 cm³/mol. The number of oxime groups is 1. The molecule has 0 bridgehead atoms. The minimum absolute atomic E-state index is 0.0480. The number of carbonyl (C=O) groups is 1. The zero-order valence-electron chi connectivity index (χ0n) is 12.7. The largest absolute Gasteiger partial charge is 0.386 e. The monoisotopic (exact) mass is 347 g/mol. The lowest BCUT2D eigenvalue weighted by molar-refractivity contribution is -0.384. The zero-order chi connectivity index (χ0) is 17.5. The van der Waals surface area contributed by atoms with Crippen LogP contribution in [0.25, 0.3) is 0 Å². The lowest BCUT2D eigenvalue weighted by atomic mass is 10.2. The SMILES string of the molecule is Cc1ccc(Cl)cc1NC(=O)CON=Cc1cccc([N+](=O)[O-])c1. The third kappa shape index (κ3) is 5.06. The minimum atomic E-state index is -0.501. The molecule has 0 atom stereocenters. The van der Waals surface area contributed by atoms with Gasteiger partial charge in [-0.3, -0.25) is 14.9 Å². The summed E-state index contributed by atoms with van der Waals surface area (Å²) in [5.74, 6) is -0.392. The molecule has 7 nitrogen and oxygen atoms in total. The van der Waals surface area contributed by atoms with Gasteiger partial charge in [-0.15, -0.1) is 0 Å². The Morgan fingerprint density at radius 2 is 2.17 bits per heavy atom. The second kappa shape index (κ2) is 8.07. The van der Waals surface area contributed by atoms with Gasteiger partial charge >= 0.3 is 0 Å². The van der Waals surface area contributed by atoms with Crippen molar-refractivity contribution in [1.82, 2.24) is 0 Å². The molecule has 1 N–H and O–H groups in total. The Morgan fingerprint density at radius 1 is 1.38 bits per heavy atom. The van der Waals surface area contributed by atoms with E-state index in [1.165, 1.54) is 24.4 Å². The van der Waals surface area contributed by atoms with Gasteiger partial charge in [-0.25, -0.2) is 0 Å². The second-order valence-electron chi connectivity index (χ2n) is 4.87. The van der Waals surface area contributed by atoms with Crippen LogP contribution in [0.15, 0.2) is 47.6 Å². The van der Waals surface area contributed by atoms with Gasteiger partial charge in [0.2, 0.25) is 0 Å². The van der Waals surface area contributed by atoms with Gasteiger partial charge in [0.05, 0.1) is 11.1 Å². The van der Waals surface area contributed by atoms with Gasteiger partial charge in [0.1, 0.15) is 0 Å². The number of halogens is 1. The topological polar surface area (TPSA) is 93.8 Å². The van der Waals surface area contributed by atoms with E-state index in [0.29, 0.717) is 16.3 Å². The summed E-state index contributed by atoms with van der Waals surface area (Å²) < 4.78 is 0. The summed E-state index contributed by atoms with van der Waals surface area (Å²) in [5.41, 5.74) is 1.91. The van der Waals surface area contributed by atoms with Crippen molar-refractivity contribution in [2.75, 3.05) is 11.9 Å². The van der Waals surface area contributed by atoms with Gasteiger partial charge in [-0.1, -0.05) is 35.0 Å². The van der Waals surface area contributed by atoms with Crippen LogP contribution in [-0.4, -0.2) is 23.7 Å². The number of hydrogen-bond acceptors (Lipinski definition) is 5. The van der Waals surface area contributed by atoms with Crippen molar-refractivity contribution in [3.63, 3.8) is 0 Å². The first-order valence-corrected chi connectivity index (χ1v) is 7.29. The number of nitro groups is 1. The Morgan fingerprint density at radius 3 is 2.92 bits per heavy atom. The van der Waals surface area contributed by atoms with E-state index in [9.17, 15) is 14.9 Å². The molecule has 124 valence electrons. The van der Waals surface area contributed by atoms with Gasteiger partial charge in [0, 0.05) is 28.4 Å². The first-order chi connectivity index (χ1) is 11.5. The summed E-state index contributed by atoms with van der Waals surface area (Å²) in [4.78, 5) is 26.8. The highest BCUT2D eigenvalue weighted by molar-refractivity contribution is 6.31. The average molecular weight is 348 g/mol. The number of hydrogen-bond donors (Lipinski definition) is 1. The summed E-state index contributed by atoms with van der Waals surface area (Å²) in [6.45, 7) is 1.55. The third-order valence-electron chi connectivity index (χ3n) is 3.03. The number of nitro benzene ring substituents is 1. The molecule has 0 aromatic heterocycles. The van der Waals surface area contributed by atoms with Crippen LogP contribution in [0.2, 0.25) is 5.02 Å². The molecule has 0 aliphatic rings. The van der Waals surface area contributed by atoms with Crippen molar-refractivity contribution < 1.29 is 14.6 Å². The molecule has 2 aromatic rings. The fourth-order valence-corrected chi connectivity index (χ4v) is 2.00. The van der Waals surface area contributed by atoms with E-state index in [2.05, 4.69) is 10.5 Å². The number of nitrogens with one attached hydrogen (secondary N) is 1. The molecule has 0 unspecified atom stereocenters. The van der Waals surface area contributed by atoms with Crippen molar-refractivity contribution in [3.8, 4) is 0 Å². The van der Waals surface area contributed by atoms with Crippen molar-refractivity contribution in [2.45, 2.75) is 6.92 Å². The second-order valence-corrected chi connectivity index (χ2v) is 5.30. The summed E-state index contributed by atoms with van der Waals surface area (Å²) in [7, 11) is 0. The van der Waals surface area contributed by atoms with Crippen LogP contribution in [0.1, 0.15) is 11.1 Å². The molecule has 0 saturated heterocycles. The number of nitrogens with zero attached hydrogens (tertiary/aromatic N) is 2. The van der Waals surface area contributed by atoms with Crippen LogP contribution in [0.4, 0.5) is 11.4 Å². The first-order valence-electron chi connectivity index (χ1n) is 6.91. The van der Waals surface area contributed by atoms with Crippen molar-refractivity contribution in [2.24, 2.45) is 5.16 Å². The Hall–Kier alpha value is -2.93. The molecule has 1 amide bonds. The fourth-order valence-electron chi connectivity index (χ4n) is 1.83. The Bertz CT molecular complexity index is 793. The average Bonchev–Trinajstić information content (AvgIpc) is 2.55. The van der Waals surface area contributed by atoms with Crippen LogP contribution in [0, 0.1) is 17.0 Å². The van der Waals surface area contributed by atoms with Crippen molar-refractivity contribution in [3.05, 3.63) is 68.7 Å². The number of anilines is 1.